The van der Waals surface area contributed by atoms with Gasteiger partial charge in [-0.1, -0.05) is 6.92 Å². The Morgan fingerprint density at radius 1 is 1.32 bits per heavy atom. The highest BCUT2D eigenvalue weighted by molar-refractivity contribution is 5.68. The molecule has 0 saturated heterocycles. The van der Waals surface area contributed by atoms with Gasteiger partial charge in [-0.3, -0.25) is 4.79 Å². The molecule has 0 N–H and O–H groups in total. The van der Waals surface area contributed by atoms with E-state index in [-0.39, 0.29) is 16.9 Å². The van der Waals surface area contributed by atoms with E-state index in [2.05, 4.69) is 4.99 Å². The topological polar surface area (TPSA) is 55.7 Å². The maximum absolute atomic E-state index is 11.4. The summed E-state index contributed by atoms with van der Waals surface area (Å²) in [7, 11) is 0. The van der Waals surface area contributed by atoms with Gasteiger partial charge in [-0.2, -0.15) is 4.99 Å². The van der Waals surface area contributed by atoms with Crippen molar-refractivity contribution in [3.8, 4) is 0 Å². The highest BCUT2D eigenvalue weighted by Gasteiger charge is 2.58. The van der Waals surface area contributed by atoms with Crippen LogP contribution in [-0.4, -0.2) is 24.2 Å². The van der Waals surface area contributed by atoms with E-state index in [1.54, 1.807) is 6.08 Å². The standard InChI is InChI=1S/C15H21NO3/c1-2-13(18)19-9-14-4-11-3-12(5-14)7-15(6-11,8-14)16-10-17/h11-12H,2-9H2,1H3. The minimum Gasteiger partial charge on any atom is -0.465 e. The SMILES string of the molecule is CCC(=O)OCC12CC3CC(C1)CC(N=C=O)(C3)C2. The zero-order chi connectivity index (χ0) is 13.5. The lowest BCUT2D eigenvalue weighted by atomic mass is 9.47. The number of rotatable bonds is 4. The van der Waals surface area contributed by atoms with Crippen molar-refractivity contribution in [2.75, 3.05) is 6.61 Å². The summed E-state index contributed by atoms with van der Waals surface area (Å²) in [4.78, 5) is 26.3. The quantitative estimate of drug-likeness (QED) is 0.445. The van der Waals surface area contributed by atoms with E-state index in [1.807, 2.05) is 6.92 Å². The minimum atomic E-state index is -0.190. The van der Waals surface area contributed by atoms with Gasteiger partial charge in [-0.05, 0) is 50.4 Å². The summed E-state index contributed by atoms with van der Waals surface area (Å²) in [5, 5.41) is 0. The molecule has 0 heterocycles. The van der Waals surface area contributed by atoms with Crippen LogP contribution in [0.15, 0.2) is 4.99 Å². The number of carbonyl (C=O) groups is 1. The van der Waals surface area contributed by atoms with Crippen molar-refractivity contribution < 1.29 is 14.3 Å². The molecule has 2 atom stereocenters. The zero-order valence-corrected chi connectivity index (χ0v) is 11.5. The molecule has 4 bridgehead atoms. The molecule has 4 saturated carbocycles. The lowest BCUT2D eigenvalue weighted by molar-refractivity contribution is -0.156. The smallest absolute Gasteiger partial charge is 0.305 e. The molecule has 4 nitrogen and oxygen atoms in total. The minimum absolute atomic E-state index is 0.0786. The molecule has 0 aromatic rings. The molecule has 0 amide bonds. The normalized spacial score (nSPS) is 42.8. The highest BCUT2D eigenvalue weighted by atomic mass is 16.5. The molecule has 4 rings (SSSR count). The third-order valence-corrected chi connectivity index (χ3v) is 5.26. The second-order valence-corrected chi connectivity index (χ2v) is 6.90. The van der Waals surface area contributed by atoms with Crippen molar-refractivity contribution >= 4 is 12.0 Å². The second kappa shape index (κ2) is 4.45. The van der Waals surface area contributed by atoms with E-state index < -0.39 is 0 Å². The fourth-order valence-electron chi connectivity index (χ4n) is 5.13. The Hall–Kier alpha value is -1.15. The summed E-state index contributed by atoms with van der Waals surface area (Å²) in [5.74, 6) is 1.18. The monoisotopic (exact) mass is 263 g/mol. The van der Waals surface area contributed by atoms with Crippen molar-refractivity contribution in [1.29, 1.82) is 0 Å². The molecule has 4 aliphatic rings. The Morgan fingerprint density at radius 3 is 2.58 bits per heavy atom. The van der Waals surface area contributed by atoms with Crippen LogP contribution in [-0.2, 0) is 14.3 Å². The second-order valence-electron chi connectivity index (χ2n) is 6.90. The average Bonchev–Trinajstić information content (AvgIpc) is 2.34. The van der Waals surface area contributed by atoms with E-state index in [0.29, 0.717) is 24.9 Å². The van der Waals surface area contributed by atoms with E-state index in [4.69, 9.17) is 4.74 Å². The third-order valence-electron chi connectivity index (χ3n) is 5.26. The number of ether oxygens (including phenoxy) is 1. The summed E-state index contributed by atoms with van der Waals surface area (Å²) in [6.07, 6.45) is 8.71. The number of hydrogen-bond acceptors (Lipinski definition) is 4. The van der Waals surface area contributed by atoms with E-state index >= 15 is 0 Å². The Morgan fingerprint density at radius 2 is 2.00 bits per heavy atom. The molecule has 104 valence electrons. The lowest BCUT2D eigenvalue weighted by Crippen LogP contribution is -2.56. The van der Waals surface area contributed by atoms with Gasteiger partial charge >= 0.3 is 5.97 Å². The van der Waals surface area contributed by atoms with Gasteiger partial charge in [0.05, 0.1) is 12.1 Å². The maximum Gasteiger partial charge on any atom is 0.305 e. The first-order chi connectivity index (χ1) is 9.09. The third kappa shape index (κ3) is 2.23. The maximum atomic E-state index is 11.4. The molecule has 0 aromatic heterocycles. The first-order valence-corrected chi connectivity index (χ1v) is 7.33. The number of isocyanates is 1. The van der Waals surface area contributed by atoms with Crippen molar-refractivity contribution in [2.24, 2.45) is 22.2 Å². The van der Waals surface area contributed by atoms with Crippen LogP contribution in [0.1, 0.15) is 51.9 Å². The summed E-state index contributed by atoms with van der Waals surface area (Å²) in [5.41, 5.74) is -0.111. The highest BCUT2D eigenvalue weighted by Crippen LogP contribution is 2.62. The van der Waals surface area contributed by atoms with Gasteiger partial charge in [0.2, 0.25) is 6.08 Å². The van der Waals surface area contributed by atoms with Crippen LogP contribution in [0.4, 0.5) is 0 Å². The lowest BCUT2D eigenvalue weighted by Gasteiger charge is -2.59. The molecule has 0 aromatic carbocycles. The van der Waals surface area contributed by atoms with E-state index in [1.165, 1.54) is 6.42 Å². The van der Waals surface area contributed by atoms with Crippen LogP contribution >= 0.6 is 0 Å². The first-order valence-electron chi connectivity index (χ1n) is 7.33. The van der Waals surface area contributed by atoms with Gasteiger partial charge in [-0.15, -0.1) is 0 Å². The van der Waals surface area contributed by atoms with Crippen LogP contribution in [0.3, 0.4) is 0 Å². The number of esters is 1. The predicted molar refractivity (Wildman–Crippen MR) is 69.2 cm³/mol. The fraction of sp³-hybridized carbons (Fsp3) is 0.867. The molecule has 0 aliphatic heterocycles. The number of carbonyl (C=O) groups excluding carboxylic acids is 2. The van der Waals surface area contributed by atoms with Gasteiger partial charge in [0, 0.05) is 11.8 Å². The summed E-state index contributed by atoms with van der Waals surface area (Å²) >= 11 is 0. The van der Waals surface area contributed by atoms with Crippen molar-refractivity contribution in [3.05, 3.63) is 0 Å². The molecule has 19 heavy (non-hydrogen) atoms. The Kier molecular flexibility index (Phi) is 3.01. The van der Waals surface area contributed by atoms with E-state index in [0.717, 1.165) is 32.1 Å². The Labute approximate surface area is 113 Å². The number of nitrogens with zero attached hydrogens (tertiary/aromatic N) is 1. The molecule has 2 unspecified atom stereocenters. The summed E-state index contributed by atoms with van der Waals surface area (Å²) in [6.45, 7) is 2.34. The number of hydrogen-bond donors (Lipinski definition) is 0. The van der Waals surface area contributed by atoms with Gasteiger partial charge in [0.25, 0.3) is 0 Å². The molecule has 4 aliphatic carbocycles. The van der Waals surface area contributed by atoms with Crippen LogP contribution in [0, 0.1) is 17.3 Å². The largest absolute Gasteiger partial charge is 0.465 e. The van der Waals surface area contributed by atoms with Crippen LogP contribution in [0.25, 0.3) is 0 Å². The van der Waals surface area contributed by atoms with Gasteiger partial charge < -0.3 is 4.74 Å². The zero-order valence-electron chi connectivity index (χ0n) is 11.5. The molecule has 0 spiro atoms. The van der Waals surface area contributed by atoms with Crippen molar-refractivity contribution in [1.82, 2.24) is 0 Å². The van der Waals surface area contributed by atoms with Crippen molar-refractivity contribution in [3.63, 3.8) is 0 Å². The van der Waals surface area contributed by atoms with Crippen molar-refractivity contribution in [2.45, 2.75) is 57.4 Å². The average molecular weight is 263 g/mol. The summed E-state index contributed by atoms with van der Waals surface area (Å²) < 4.78 is 5.42. The predicted octanol–water partition coefficient (Wildman–Crippen LogP) is 2.61. The summed E-state index contributed by atoms with van der Waals surface area (Å²) in [6, 6.07) is 0. The molecule has 4 fully saturated rings. The van der Waals surface area contributed by atoms with Crippen LogP contribution in [0.2, 0.25) is 0 Å². The molecular formula is C15H21NO3. The van der Waals surface area contributed by atoms with Crippen LogP contribution in [0.5, 0.6) is 0 Å². The van der Waals surface area contributed by atoms with Gasteiger partial charge in [0.15, 0.2) is 0 Å². The van der Waals surface area contributed by atoms with Gasteiger partial charge in [0.1, 0.15) is 0 Å². The molecular weight excluding hydrogens is 242 g/mol. The molecule has 0 radical (unpaired) electrons. The van der Waals surface area contributed by atoms with E-state index in [9.17, 15) is 9.59 Å². The first kappa shape index (κ1) is 12.9. The number of aliphatic imine (C=N–C) groups is 1. The van der Waals surface area contributed by atoms with Gasteiger partial charge in [-0.25, -0.2) is 4.79 Å². The van der Waals surface area contributed by atoms with Crippen LogP contribution < -0.4 is 0 Å². The molecule has 4 heteroatoms. The fourth-order valence-corrected chi connectivity index (χ4v) is 5.13. The Balaban J connectivity index is 1.79. The Bertz CT molecular complexity index is 425.